The summed E-state index contributed by atoms with van der Waals surface area (Å²) in [7, 11) is 2.11. The molecule has 0 aromatic rings. The zero-order chi connectivity index (χ0) is 11.4. The lowest BCUT2D eigenvalue weighted by molar-refractivity contribution is -0.151. The van der Waals surface area contributed by atoms with Crippen LogP contribution in [0.1, 0.15) is 58.3 Å². The Hall–Kier alpha value is -0.0800. The third-order valence-corrected chi connectivity index (χ3v) is 4.73. The van der Waals surface area contributed by atoms with Crippen LogP contribution in [0.5, 0.6) is 0 Å². The monoisotopic (exact) mass is 225 g/mol. The van der Waals surface area contributed by atoms with Gasteiger partial charge in [0.05, 0.1) is 6.10 Å². The van der Waals surface area contributed by atoms with Gasteiger partial charge in [-0.05, 0) is 32.7 Å². The van der Waals surface area contributed by atoms with Crippen LogP contribution < -0.4 is 5.32 Å². The van der Waals surface area contributed by atoms with E-state index in [0.29, 0.717) is 11.5 Å². The quantitative estimate of drug-likeness (QED) is 0.726. The molecular weight excluding hydrogens is 198 g/mol. The Bertz CT molecular complexity index is 211. The van der Waals surface area contributed by atoms with Gasteiger partial charge in [-0.25, -0.2) is 0 Å². The first-order valence-electron chi connectivity index (χ1n) is 7.12. The normalized spacial score (nSPS) is 32.6. The van der Waals surface area contributed by atoms with Gasteiger partial charge >= 0.3 is 0 Å². The zero-order valence-corrected chi connectivity index (χ0v) is 10.9. The van der Waals surface area contributed by atoms with Crippen molar-refractivity contribution in [2.24, 2.45) is 5.41 Å². The summed E-state index contributed by atoms with van der Waals surface area (Å²) in [6, 6.07) is 0.722. The van der Waals surface area contributed by atoms with E-state index in [-0.39, 0.29) is 0 Å². The second kappa shape index (κ2) is 5.50. The molecule has 2 rings (SSSR count). The van der Waals surface area contributed by atoms with E-state index in [0.717, 1.165) is 12.6 Å². The van der Waals surface area contributed by atoms with E-state index in [1.54, 1.807) is 0 Å². The number of ether oxygens (including phenoxy) is 1. The van der Waals surface area contributed by atoms with E-state index >= 15 is 0 Å². The molecule has 1 N–H and O–H groups in total. The Balaban J connectivity index is 1.88. The summed E-state index contributed by atoms with van der Waals surface area (Å²) in [4.78, 5) is 0. The molecule has 94 valence electrons. The highest BCUT2D eigenvalue weighted by atomic mass is 16.5. The maximum absolute atomic E-state index is 6.10. The lowest BCUT2D eigenvalue weighted by Gasteiger charge is -2.57. The molecule has 2 aliphatic carbocycles. The third kappa shape index (κ3) is 2.14. The SMILES string of the molecule is CCCCOC1CC(NC)C12CCCCC2. The van der Waals surface area contributed by atoms with Crippen LogP contribution in [0.3, 0.4) is 0 Å². The number of hydrogen-bond acceptors (Lipinski definition) is 2. The van der Waals surface area contributed by atoms with Crippen molar-refractivity contribution in [1.29, 1.82) is 0 Å². The van der Waals surface area contributed by atoms with Gasteiger partial charge in [-0.1, -0.05) is 32.6 Å². The minimum absolute atomic E-state index is 0.501. The molecule has 2 fully saturated rings. The largest absolute Gasteiger partial charge is 0.378 e. The van der Waals surface area contributed by atoms with Crippen molar-refractivity contribution in [2.45, 2.75) is 70.4 Å². The van der Waals surface area contributed by atoms with Gasteiger partial charge in [-0.2, -0.15) is 0 Å². The van der Waals surface area contributed by atoms with Crippen molar-refractivity contribution in [1.82, 2.24) is 5.32 Å². The van der Waals surface area contributed by atoms with Gasteiger partial charge in [0.1, 0.15) is 0 Å². The Morgan fingerprint density at radius 1 is 1.25 bits per heavy atom. The van der Waals surface area contributed by atoms with Gasteiger partial charge in [-0.3, -0.25) is 0 Å². The molecule has 2 unspecified atom stereocenters. The van der Waals surface area contributed by atoms with Crippen molar-refractivity contribution >= 4 is 0 Å². The van der Waals surface area contributed by atoms with Crippen molar-refractivity contribution in [3.63, 3.8) is 0 Å². The summed E-state index contributed by atoms with van der Waals surface area (Å²) < 4.78 is 6.10. The minimum Gasteiger partial charge on any atom is -0.378 e. The van der Waals surface area contributed by atoms with Gasteiger partial charge in [0, 0.05) is 18.1 Å². The lowest BCUT2D eigenvalue weighted by atomic mass is 9.55. The molecule has 0 radical (unpaired) electrons. The maximum Gasteiger partial charge on any atom is 0.0661 e. The van der Waals surface area contributed by atoms with Gasteiger partial charge < -0.3 is 10.1 Å². The molecule has 2 nitrogen and oxygen atoms in total. The molecule has 2 saturated carbocycles. The molecule has 0 aromatic carbocycles. The van der Waals surface area contributed by atoms with Crippen LogP contribution in [0.2, 0.25) is 0 Å². The van der Waals surface area contributed by atoms with Gasteiger partial charge in [-0.15, -0.1) is 0 Å². The van der Waals surface area contributed by atoms with Crippen LogP contribution in [0, 0.1) is 5.41 Å². The maximum atomic E-state index is 6.10. The molecule has 0 aliphatic heterocycles. The van der Waals surface area contributed by atoms with Crippen LogP contribution in [-0.4, -0.2) is 25.8 Å². The van der Waals surface area contributed by atoms with Gasteiger partial charge in [0.15, 0.2) is 0 Å². The number of unbranched alkanes of at least 4 members (excludes halogenated alkanes) is 1. The summed E-state index contributed by atoms with van der Waals surface area (Å²) in [5.74, 6) is 0. The predicted octanol–water partition coefficient (Wildman–Crippen LogP) is 3.11. The summed E-state index contributed by atoms with van der Waals surface area (Å²) in [5.41, 5.74) is 0.501. The van der Waals surface area contributed by atoms with E-state index < -0.39 is 0 Å². The first kappa shape index (κ1) is 12.4. The molecular formula is C14H27NO. The minimum atomic E-state index is 0.501. The smallest absolute Gasteiger partial charge is 0.0661 e. The van der Waals surface area contributed by atoms with Crippen molar-refractivity contribution in [3.05, 3.63) is 0 Å². The fraction of sp³-hybridized carbons (Fsp3) is 1.00. The summed E-state index contributed by atoms with van der Waals surface area (Å²) >= 11 is 0. The zero-order valence-electron chi connectivity index (χ0n) is 10.9. The molecule has 0 bridgehead atoms. The summed E-state index contributed by atoms with van der Waals surface area (Å²) in [6.45, 7) is 3.20. The van der Waals surface area contributed by atoms with Crippen molar-refractivity contribution < 1.29 is 4.74 Å². The van der Waals surface area contributed by atoms with Crippen LogP contribution >= 0.6 is 0 Å². The first-order chi connectivity index (χ1) is 7.83. The number of hydrogen-bond donors (Lipinski definition) is 1. The standard InChI is InChI=1S/C14H27NO/c1-3-4-10-16-13-11-12(15-2)14(13)8-6-5-7-9-14/h12-13,15H,3-11H2,1-2H3. The third-order valence-electron chi connectivity index (χ3n) is 4.73. The van der Waals surface area contributed by atoms with E-state index in [4.69, 9.17) is 4.74 Å². The summed E-state index contributed by atoms with van der Waals surface area (Å²) in [6.07, 6.45) is 11.3. The molecule has 2 atom stereocenters. The van der Waals surface area contributed by atoms with Crippen LogP contribution in [0.15, 0.2) is 0 Å². The second-order valence-corrected chi connectivity index (χ2v) is 5.58. The van der Waals surface area contributed by atoms with E-state index in [1.807, 2.05) is 0 Å². The Morgan fingerprint density at radius 3 is 2.62 bits per heavy atom. The highest BCUT2D eigenvalue weighted by Crippen LogP contribution is 2.53. The van der Waals surface area contributed by atoms with E-state index in [1.165, 1.54) is 51.4 Å². The molecule has 2 aliphatic rings. The second-order valence-electron chi connectivity index (χ2n) is 5.58. The fourth-order valence-electron chi connectivity index (χ4n) is 3.64. The number of rotatable bonds is 5. The molecule has 0 saturated heterocycles. The van der Waals surface area contributed by atoms with Crippen LogP contribution in [-0.2, 0) is 4.74 Å². The molecule has 1 spiro atoms. The van der Waals surface area contributed by atoms with Gasteiger partial charge in [0.25, 0.3) is 0 Å². The lowest BCUT2D eigenvalue weighted by Crippen LogP contribution is -2.63. The molecule has 16 heavy (non-hydrogen) atoms. The average molecular weight is 225 g/mol. The van der Waals surface area contributed by atoms with Gasteiger partial charge in [0.2, 0.25) is 0 Å². The first-order valence-corrected chi connectivity index (χ1v) is 7.12. The molecule has 0 heterocycles. The molecule has 0 aromatic heterocycles. The number of nitrogens with one attached hydrogen (secondary N) is 1. The van der Waals surface area contributed by atoms with Crippen LogP contribution in [0.4, 0.5) is 0 Å². The molecule has 0 amide bonds. The van der Waals surface area contributed by atoms with E-state index in [9.17, 15) is 0 Å². The fourth-order valence-corrected chi connectivity index (χ4v) is 3.64. The average Bonchev–Trinajstić information content (AvgIpc) is 2.34. The Morgan fingerprint density at radius 2 is 2.00 bits per heavy atom. The predicted molar refractivity (Wildman–Crippen MR) is 67.6 cm³/mol. The molecule has 2 heteroatoms. The topological polar surface area (TPSA) is 21.3 Å². The Labute approximate surface area is 100 Å². The van der Waals surface area contributed by atoms with Crippen molar-refractivity contribution in [2.75, 3.05) is 13.7 Å². The van der Waals surface area contributed by atoms with Crippen LogP contribution in [0.25, 0.3) is 0 Å². The highest BCUT2D eigenvalue weighted by Gasteiger charge is 2.54. The Kier molecular flexibility index (Phi) is 4.26. The highest BCUT2D eigenvalue weighted by molar-refractivity contribution is 5.08. The van der Waals surface area contributed by atoms with Crippen molar-refractivity contribution in [3.8, 4) is 0 Å². The summed E-state index contributed by atoms with van der Waals surface area (Å²) in [5, 5.41) is 3.50. The van der Waals surface area contributed by atoms with E-state index in [2.05, 4.69) is 19.3 Å².